The molecule has 4 heteroatoms. The Kier molecular flexibility index (Phi) is 5.80. The Morgan fingerprint density at radius 3 is 2.42 bits per heavy atom. The predicted octanol–water partition coefficient (Wildman–Crippen LogP) is 3.10. The lowest BCUT2D eigenvalue weighted by molar-refractivity contribution is 0.239. The molecule has 0 saturated carbocycles. The van der Waals surface area contributed by atoms with E-state index in [1.54, 1.807) is 18.2 Å². The number of amides is 2. The Balaban J connectivity index is 2.19. The fourth-order valence-electron chi connectivity index (χ4n) is 1.63. The number of carbonyl (C=O) groups is 1. The van der Waals surface area contributed by atoms with Gasteiger partial charge in [-0.3, -0.25) is 0 Å². The van der Waals surface area contributed by atoms with Crippen molar-refractivity contribution >= 4 is 6.03 Å². The molecule has 0 unspecified atom stereocenters. The Morgan fingerprint density at radius 2 is 1.79 bits per heavy atom. The van der Waals surface area contributed by atoms with E-state index in [9.17, 15) is 9.18 Å². The summed E-state index contributed by atoms with van der Waals surface area (Å²) in [5, 5.41) is 5.52. The van der Waals surface area contributed by atoms with Crippen molar-refractivity contribution in [2.24, 2.45) is 5.41 Å². The van der Waals surface area contributed by atoms with Crippen LogP contribution in [0, 0.1) is 11.2 Å². The second-order valence-corrected chi connectivity index (χ2v) is 5.83. The van der Waals surface area contributed by atoms with Crippen LogP contribution in [0.15, 0.2) is 24.3 Å². The number of hydrogen-bond donors (Lipinski definition) is 2. The molecule has 0 aliphatic heterocycles. The van der Waals surface area contributed by atoms with Gasteiger partial charge in [0.2, 0.25) is 0 Å². The van der Waals surface area contributed by atoms with Crippen LogP contribution < -0.4 is 10.6 Å². The van der Waals surface area contributed by atoms with Crippen molar-refractivity contribution in [3.63, 3.8) is 0 Å². The van der Waals surface area contributed by atoms with Gasteiger partial charge in [0, 0.05) is 13.1 Å². The molecular formula is C15H23FN2O. The number of rotatable bonds is 5. The Morgan fingerprint density at radius 1 is 1.16 bits per heavy atom. The molecular weight excluding hydrogens is 243 g/mol. The second-order valence-electron chi connectivity index (χ2n) is 5.83. The molecule has 0 bridgehead atoms. The highest BCUT2D eigenvalue weighted by Gasteiger charge is 2.10. The van der Waals surface area contributed by atoms with E-state index in [1.165, 1.54) is 6.07 Å². The minimum Gasteiger partial charge on any atom is -0.338 e. The first kappa shape index (κ1) is 15.5. The zero-order valence-electron chi connectivity index (χ0n) is 11.9. The van der Waals surface area contributed by atoms with Crippen molar-refractivity contribution in [2.75, 3.05) is 13.1 Å². The van der Waals surface area contributed by atoms with Crippen LogP contribution in [-0.2, 0) is 6.42 Å². The summed E-state index contributed by atoms with van der Waals surface area (Å²) in [5.74, 6) is -0.225. The Hall–Kier alpha value is -1.58. The van der Waals surface area contributed by atoms with E-state index in [-0.39, 0.29) is 17.3 Å². The molecule has 3 nitrogen and oxygen atoms in total. The van der Waals surface area contributed by atoms with Crippen LogP contribution in [0.1, 0.15) is 32.8 Å². The van der Waals surface area contributed by atoms with E-state index in [0.29, 0.717) is 25.1 Å². The average molecular weight is 266 g/mol. The minimum absolute atomic E-state index is 0.194. The third kappa shape index (κ3) is 6.79. The number of urea groups is 1. The molecule has 0 atom stereocenters. The van der Waals surface area contributed by atoms with Gasteiger partial charge >= 0.3 is 6.03 Å². The summed E-state index contributed by atoms with van der Waals surface area (Å²) in [6.07, 6.45) is 1.42. The van der Waals surface area contributed by atoms with Crippen molar-refractivity contribution in [3.8, 4) is 0 Å². The van der Waals surface area contributed by atoms with Crippen LogP contribution in [0.25, 0.3) is 0 Å². The maximum Gasteiger partial charge on any atom is 0.314 e. The van der Waals surface area contributed by atoms with Crippen molar-refractivity contribution in [3.05, 3.63) is 35.6 Å². The molecule has 0 aliphatic rings. The van der Waals surface area contributed by atoms with E-state index in [1.807, 2.05) is 0 Å². The molecule has 0 aromatic heterocycles. The molecule has 0 fully saturated rings. The topological polar surface area (TPSA) is 41.1 Å². The molecule has 1 aromatic rings. The first-order valence-electron chi connectivity index (χ1n) is 6.63. The lowest BCUT2D eigenvalue weighted by atomic mass is 9.92. The van der Waals surface area contributed by atoms with Gasteiger partial charge in [0.1, 0.15) is 5.82 Å². The lowest BCUT2D eigenvalue weighted by Crippen LogP contribution is -2.38. The zero-order chi connectivity index (χ0) is 14.3. The number of halogens is 1. The number of hydrogen-bond acceptors (Lipinski definition) is 1. The lowest BCUT2D eigenvalue weighted by Gasteiger charge is -2.18. The molecule has 106 valence electrons. The maximum absolute atomic E-state index is 13.3. The molecule has 0 radical (unpaired) electrons. The predicted molar refractivity (Wildman–Crippen MR) is 75.6 cm³/mol. The third-order valence-corrected chi connectivity index (χ3v) is 2.80. The number of nitrogens with one attached hydrogen (secondary N) is 2. The van der Waals surface area contributed by atoms with Crippen molar-refractivity contribution in [2.45, 2.75) is 33.6 Å². The van der Waals surface area contributed by atoms with E-state index < -0.39 is 0 Å². The summed E-state index contributed by atoms with van der Waals surface area (Å²) in [4.78, 5) is 11.5. The molecule has 0 spiro atoms. The largest absolute Gasteiger partial charge is 0.338 e. The first-order valence-corrected chi connectivity index (χ1v) is 6.63. The quantitative estimate of drug-likeness (QED) is 0.844. The summed E-state index contributed by atoms with van der Waals surface area (Å²) >= 11 is 0. The van der Waals surface area contributed by atoms with Gasteiger partial charge in [-0.1, -0.05) is 39.0 Å². The van der Waals surface area contributed by atoms with Crippen LogP contribution >= 0.6 is 0 Å². The smallest absolute Gasteiger partial charge is 0.314 e. The van der Waals surface area contributed by atoms with Gasteiger partial charge in [-0.2, -0.15) is 0 Å². The van der Waals surface area contributed by atoms with Gasteiger partial charge in [-0.15, -0.1) is 0 Å². The monoisotopic (exact) mass is 266 g/mol. The molecule has 1 rings (SSSR count). The number of benzene rings is 1. The molecule has 19 heavy (non-hydrogen) atoms. The average Bonchev–Trinajstić information content (AvgIpc) is 2.30. The van der Waals surface area contributed by atoms with Gasteiger partial charge in [0.25, 0.3) is 0 Å². The molecule has 2 amide bonds. The van der Waals surface area contributed by atoms with Crippen LogP contribution in [0.3, 0.4) is 0 Å². The van der Waals surface area contributed by atoms with E-state index in [2.05, 4.69) is 31.4 Å². The van der Waals surface area contributed by atoms with Crippen molar-refractivity contribution in [1.29, 1.82) is 0 Å². The molecule has 1 aromatic carbocycles. The van der Waals surface area contributed by atoms with Gasteiger partial charge in [0.15, 0.2) is 0 Å². The minimum atomic E-state index is -0.225. The highest BCUT2D eigenvalue weighted by atomic mass is 19.1. The van der Waals surface area contributed by atoms with Crippen LogP contribution in [0.5, 0.6) is 0 Å². The summed E-state index contributed by atoms with van der Waals surface area (Å²) < 4.78 is 13.3. The third-order valence-electron chi connectivity index (χ3n) is 2.80. The van der Waals surface area contributed by atoms with Crippen LogP contribution in [-0.4, -0.2) is 19.1 Å². The van der Waals surface area contributed by atoms with Gasteiger partial charge in [-0.25, -0.2) is 9.18 Å². The van der Waals surface area contributed by atoms with Crippen LogP contribution in [0.2, 0.25) is 0 Å². The summed E-state index contributed by atoms with van der Waals surface area (Å²) in [7, 11) is 0. The Labute approximate surface area is 114 Å². The van der Waals surface area contributed by atoms with Gasteiger partial charge in [-0.05, 0) is 29.9 Å². The number of carbonyl (C=O) groups excluding carboxylic acids is 1. The summed E-state index contributed by atoms with van der Waals surface area (Å²) in [5.41, 5.74) is 0.831. The molecule has 0 heterocycles. The fraction of sp³-hybridized carbons (Fsp3) is 0.533. The van der Waals surface area contributed by atoms with Gasteiger partial charge in [0.05, 0.1) is 0 Å². The van der Waals surface area contributed by atoms with Crippen molar-refractivity contribution in [1.82, 2.24) is 10.6 Å². The molecule has 0 saturated heterocycles. The summed E-state index contributed by atoms with van der Waals surface area (Å²) in [6, 6.07) is 6.42. The fourth-order valence-corrected chi connectivity index (χ4v) is 1.63. The van der Waals surface area contributed by atoms with Crippen molar-refractivity contribution < 1.29 is 9.18 Å². The second kappa shape index (κ2) is 7.12. The zero-order valence-corrected chi connectivity index (χ0v) is 11.9. The normalized spacial score (nSPS) is 11.2. The van der Waals surface area contributed by atoms with E-state index in [0.717, 1.165) is 6.42 Å². The molecule has 0 aliphatic carbocycles. The van der Waals surface area contributed by atoms with Gasteiger partial charge < -0.3 is 10.6 Å². The first-order chi connectivity index (χ1) is 8.88. The SMILES string of the molecule is CC(C)(C)CCNC(=O)NCCc1ccccc1F. The van der Waals surface area contributed by atoms with E-state index >= 15 is 0 Å². The molecule has 2 N–H and O–H groups in total. The highest BCUT2D eigenvalue weighted by Crippen LogP contribution is 2.16. The highest BCUT2D eigenvalue weighted by molar-refractivity contribution is 5.73. The summed E-state index contributed by atoms with van der Waals surface area (Å²) in [6.45, 7) is 7.47. The standard InChI is InChI=1S/C15H23FN2O/c1-15(2,3)9-11-18-14(19)17-10-8-12-6-4-5-7-13(12)16/h4-7H,8-11H2,1-3H3,(H2,17,18,19). The van der Waals surface area contributed by atoms with E-state index in [4.69, 9.17) is 0 Å². The maximum atomic E-state index is 13.3. The Bertz CT molecular complexity index is 413. The van der Waals surface area contributed by atoms with Crippen LogP contribution in [0.4, 0.5) is 9.18 Å².